The summed E-state index contributed by atoms with van der Waals surface area (Å²) in [6.45, 7) is 0. The third-order valence-corrected chi connectivity index (χ3v) is 4.05. The Morgan fingerprint density at radius 3 is 2.89 bits per heavy atom. The van der Waals surface area contributed by atoms with Gasteiger partial charge >= 0.3 is 5.97 Å². The van der Waals surface area contributed by atoms with Crippen LogP contribution in [0, 0.1) is 0 Å². The van der Waals surface area contributed by atoms with E-state index in [0.717, 1.165) is 15.2 Å². The fourth-order valence-corrected chi connectivity index (χ4v) is 2.68. The monoisotopic (exact) mass is 324 g/mol. The molecule has 0 radical (unpaired) electrons. The van der Waals surface area contributed by atoms with E-state index >= 15 is 0 Å². The highest BCUT2D eigenvalue weighted by atomic mass is 79.9. The zero-order valence-corrected chi connectivity index (χ0v) is 11.6. The first-order chi connectivity index (χ1) is 8.66. The van der Waals surface area contributed by atoms with E-state index in [0.29, 0.717) is 5.75 Å². The summed E-state index contributed by atoms with van der Waals surface area (Å²) in [6.07, 6.45) is 1.72. The molecule has 2 aromatic heterocycles. The fraction of sp³-hybridized carbons (Fsp3) is 0.0833. The van der Waals surface area contributed by atoms with Crippen molar-refractivity contribution < 1.29 is 9.90 Å². The summed E-state index contributed by atoms with van der Waals surface area (Å²) in [6, 6.07) is 8.73. The fourth-order valence-electron chi connectivity index (χ4n) is 1.30. The number of carboxylic acid groups (broad SMARTS) is 1. The van der Waals surface area contributed by atoms with Crippen molar-refractivity contribution in [1.82, 2.24) is 9.97 Å². The van der Waals surface area contributed by atoms with Crippen molar-refractivity contribution in [2.75, 3.05) is 0 Å². The first-order valence-electron chi connectivity index (χ1n) is 5.09. The van der Waals surface area contributed by atoms with Gasteiger partial charge in [0.25, 0.3) is 0 Å². The molecular formula is C12H9BrN2O2S. The second-order valence-electron chi connectivity index (χ2n) is 3.40. The molecule has 0 aliphatic carbocycles. The standard InChI is InChI=1S/C12H9BrN2O2S/c13-9-4-2-6-14-11(9)18-7-8-3-1-5-10(15-8)12(16)17/h1-6H,7H2,(H,16,17). The molecule has 18 heavy (non-hydrogen) atoms. The topological polar surface area (TPSA) is 63.1 Å². The minimum Gasteiger partial charge on any atom is -0.477 e. The molecule has 0 fully saturated rings. The van der Waals surface area contributed by atoms with Crippen molar-refractivity contribution in [3.05, 3.63) is 52.4 Å². The molecule has 1 N–H and O–H groups in total. The number of pyridine rings is 2. The van der Waals surface area contributed by atoms with Crippen molar-refractivity contribution in [1.29, 1.82) is 0 Å². The highest BCUT2D eigenvalue weighted by Gasteiger charge is 2.06. The van der Waals surface area contributed by atoms with Crippen molar-refractivity contribution in [3.63, 3.8) is 0 Å². The Kier molecular flexibility index (Phi) is 4.33. The van der Waals surface area contributed by atoms with Crippen LogP contribution < -0.4 is 0 Å². The molecule has 0 aromatic carbocycles. The Bertz CT molecular complexity index is 578. The lowest BCUT2D eigenvalue weighted by Gasteiger charge is -2.03. The Balaban J connectivity index is 2.09. The molecule has 0 spiro atoms. The van der Waals surface area contributed by atoms with E-state index in [1.54, 1.807) is 18.3 Å². The van der Waals surface area contributed by atoms with Crippen LogP contribution in [0.25, 0.3) is 0 Å². The van der Waals surface area contributed by atoms with Gasteiger partial charge in [-0.1, -0.05) is 17.8 Å². The van der Waals surface area contributed by atoms with Gasteiger partial charge in [-0.2, -0.15) is 0 Å². The van der Waals surface area contributed by atoms with Crippen molar-refractivity contribution in [3.8, 4) is 0 Å². The van der Waals surface area contributed by atoms with Crippen LogP contribution in [0.4, 0.5) is 0 Å². The predicted octanol–water partition coefficient (Wildman–Crippen LogP) is 3.23. The summed E-state index contributed by atoms with van der Waals surface area (Å²) in [5, 5.41) is 9.71. The molecular weight excluding hydrogens is 316 g/mol. The molecule has 6 heteroatoms. The van der Waals surface area contributed by atoms with Crippen molar-refractivity contribution >= 4 is 33.7 Å². The van der Waals surface area contributed by atoms with Gasteiger partial charge in [-0.15, -0.1) is 0 Å². The number of nitrogens with zero attached hydrogens (tertiary/aromatic N) is 2. The van der Waals surface area contributed by atoms with E-state index in [4.69, 9.17) is 5.11 Å². The second-order valence-corrected chi connectivity index (χ2v) is 5.22. The van der Waals surface area contributed by atoms with E-state index in [1.165, 1.54) is 17.8 Å². The van der Waals surface area contributed by atoms with Crippen molar-refractivity contribution in [2.45, 2.75) is 10.8 Å². The van der Waals surface area contributed by atoms with Gasteiger partial charge in [0.15, 0.2) is 0 Å². The quantitative estimate of drug-likeness (QED) is 0.875. The van der Waals surface area contributed by atoms with Crippen LogP contribution >= 0.6 is 27.7 Å². The maximum absolute atomic E-state index is 10.8. The lowest BCUT2D eigenvalue weighted by molar-refractivity contribution is 0.0690. The van der Waals surface area contributed by atoms with Crippen LogP contribution in [0.2, 0.25) is 0 Å². The van der Waals surface area contributed by atoms with E-state index in [-0.39, 0.29) is 5.69 Å². The first-order valence-corrected chi connectivity index (χ1v) is 6.87. The average molecular weight is 325 g/mol. The number of rotatable bonds is 4. The van der Waals surface area contributed by atoms with Gasteiger partial charge in [-0.05, 0) is 40.2 Å². The summed E-state index contributed by atoms with van der Waals surface area (Å²) in [7, 11) is 0. The number of carbonyl (C=O) groups is 1. The zero-order valence-electron chi connectivity index (χ0n) is 9.21. The largest absolute Gasteiger partial charge is 0.477 e. The Morgan fingerprint density at radius 1 is 1.33 bits per heavy atom. The zero-order chi connectivity index (χ0) is 13.0. The molecule has 0 unspecified atom stereocenters. The van der Waals surface area contributed by atoms with Gasteiger partial charge in [-0.25, -0.2) is 14.8 Å². The second kappa shape index (κ2) is 5.97. The van der Waals surface area contributed by atoms with Gasteiger partial charge in [0.05, 0.1) is 5.69 Å². The number of hydrogen-bond donors (Lipinski definition) is 1. The SMILES string of the molecule is O=C(O)c1cccc(CSc2ncccc2Br)n1. The number of hydrogen-bond acceptors (Lipinski definition) is 4. The normalized spacial score (nSPS) is 10.3. The number of aromatic carboxylic acids is 1. The summed E-state index contributed by atoms with van der Waals surface area (Å²) >= 11 is 4.92. The maximum Gasteiger partial charge on any atom is 0.354 e. The molecule has 0 saturated carbocycles. The number of halogens is 1. The molecule has 0 atom stereocenters. The molecule has 0 amide bonds. The molecule has 92 valence electrons. The van der Waals surface area contributed by atoms with Crippen LogP contribution in [0.1, 0.15) is 16.2 Å². The first kappa shape index (κ1) is 13.0. The third kappa shape index (κ3) is 3.30. The van der Waals surface area contributed by atoms with Crippen LogP contribution in [0.3, 0.4) is 0 Å². The van der Waals surface area contributed by atoms with E-state index in [1.807, 2.05) is 12.1 Å². The van der Waals surface area contributed by atoms with Crippen LogP contribution in [0.5, 0.6) is 0 Å². The molecule has 0 aliphatic rings. The smallest absolute Gasteiger partial charge is 0.354 e. The van der Waals surface area contributed by atoms with Crippen molar-refractivity contribution in [2.24, 2.45) is 0 Å². The highest BCUT2D eigenvalue weighted by Crippen LogP contribution is 2.27. The Labute approximate surface area is 117 Å². The maximum atomic E-state index is 10.8. The number of carboxylic acids is 1. The van der Waals surface area contributed by atoms with Gasteiger partial charge in [0.2, 0.25) is 0 Å². The van der Waals surface area contributed by atoms with Gasteiger partial charge in [0.1, 0.15) is 10.7 Å². The van der Waals surface area contributed by atoms with Crippen LogP contribution in [-0.2, 0) is 5.75 Å². The Hall–Kier alpha value is -1.40. The number of aromatic nitrogens is 2. The average Bonchev–Trinajstić information content (AvgIpc) is 2.38. The summed E-state index contributed by atoms with van der Waals surface area (Å²) in [5.41, 5.74) is 0.783. The van der Waals surface area contributed by atoms with Gasteiger partial charge in [-0.3, -0.25) is 0 Å². The van der Waals surface area contributed by atoms with Gasteiger partial charge in [0, 0.05) is 16.4 Å². The molecule has 2 aromatic rings. The van der Waals surface area contributed by atoms with E-state index in [9.17, 15) is 4.79 Å². The minimum absolute atomic E-state index is 0.0631. The minimum atomic E-state index is -1.01. The van der Waals surface area contributed by atoms with E-state index < -0.39 is 5.97 Å². The highest BCUT2D eigenvalue weighted by molar-refractivity contribution is 9.10. The molecule has 0 aliphatic heterocycles. The van der Waals surface area contributed by atoms with Crippen LogP contribution in [-0.4, -0.2) is 21.0 Å². The molecule has 2 rings (SSSR count). The third-order valence-electron chi connectivity index (χ3n) is 2.11. The molecule has 2 heterocycles. The molecule has 0 saturated heterocycles. The number of thioether (sulfide) groups is 1. The van der Waals surface area contributed by atoms with Crippen LogP contribution in [0.15, 0.2) is 46.0 Å². The molecule has 0 bridgehead atoms. The van der Waals surface area contributed by atoms with E-state index in [2.05, 4.69) is 25.9 Å². The predicted molar refractivity (Wildman–Crippen MR) is 72.7 cm³/mol. The summed E-state index contributed by atoms with van der Waals surface area (Å²) in [4.78, 5) is 19.1. The van der Waals surface area contributed by atoms with Gasteiger partial charge < -0.3 is 5.11 Å². The molecule has 4 nitrogen and oxygen atoms in total. The lowest BCUT2D eigenvalue weighted by atomic mass is 10.3. The Morgan fingerprint density at radius 2 is 2.17 bits per heavy atom. The summed E-state index contributed by atoms with van der Waals surface area (Å²) < 4.78 is 0.921. The lowest BCUT2D eigenvalue weighted by Crippen LogP contribution is -2.01. The summed E-state index contributed by atoms with van der Waals surface area (Å²) in [5.74, 6) is -0.433.